The Balaban J connectivity index is 2.13. The van der Waals surface area contributed by atoms with Crippen molar-refractivity contribution >= 4 is 49.9 Å². The number of hydrogen-bond acceptors (Lipinski definition) is 10. The summed E-state index contributed by atoms with van der Waals surface area (Å²) in [4.78, 5) is 39.5. The summed E-state index contributed by atoms with van der Waals surface area (Å²) in [6.45, 7) is 10.2. The Kier molecular flexibility index (Phi) is 18.5. The number of rotatable bonds is 27. The molecule has 0 aliphatic heterocycles. The Hall–Kier alpha value is -4.80. The number of hydrogen-bond donors (Lipinski definition) is 0. The van der Waals surface area contributed by atoms with E-state index in [0.717, 1.165) is 96.3 Å². The largest absolute Gasteiger partial charge is 0.490 e. The van der Waals surface area contributed by atoms with Crippen molar-refractivity contribution in [2.45, 2.75) is 130 Å². The maximum absolute atomic E-state index is 13.4. The molecule has 4 aromatic rings. The van der Waals surface area contributed by atoms with Crippen LogP contribution in [-0.4, -0.2) is 57.5 Å². The van der Waals surface area contributed by atoms with Gasteiger partial charge in [-0.15, -0.1) is 0 Å². The van der Waals surface area contributed by atoms with E-state index in [-0.39, 0.29) is 40.3 Å². The van der Waals surface area contributed by atoms with Gasteiger partial charge in [-0.1, -0.05) is 105 Å². The van der Waals surface area contributed by atoms with Gasteiger partial charge in [-0.2, -0.15) is 0 Å². The number of methoxy groups -OCH3 is 2. The molecule has 312 valence electrons. The van der Waals surface area contributed by atoms with Crippen LogP contribution in [0.3, 0.4) is 0 Å². The quantitative estimate of drug-likeness (QED) is 0.0189. The molecule has 4 aromatic carbocycles. The number of unbranched alkanes of at least 4 members (excludes halogenated alkanes) is 12. The first-order chi connectivity index (χ1) is 27.8. The van der Waals surface area contributed by atoms with Gasteiger partial charge in [0.25, 0.3) is 0 Å². The second kappa shape index (κ2) is 23.4. The third kappa shape index (κ3) is 11.6. The van der Waals surface area contributed by atoms with Crippen LogP contribution in [0, 0.1) is 10.1 Å². The van der Waals surface area contributed by atoms with Crippen molar-refractivity contribution in [1.82, 2.24) is 0 Å². The molecule has 4 rings (SSSR count). The van der Waals surface area contributed by atoms with E-state index >= 15 is 0 Å². The zero-order valence-corrected chi connectivity index (χ0v) is 35.1. The van der Waals surface area contributed by atoms with Gasteiger partial charge in [-0.3, -0.25) is 10.1 Å². The molecule has 0 aliphatic rings. The molecule has 0 radical (unpaired) electrons. The summed E-state index contributed by atoms with van der Waals surface area (Å²) in [5.41, 5.74) is -0.388. The Morgan fingerprint density at radius 2 is 0.842 bits per heavy atom. The summed E-state index contributed by atoms with van der Waals surface area (Å²) in [5, 5.41) is 16.3. The first kappa shape index (κ1) is 44.9. The minimum atomic E-state index is -0.782. The van der Waals surface area contributed by atoms with Gasteiger partial charge in [0.05, 0.1) is 62.1 Å². The minimum Gasteiger partial charge on any atom is -0.490 e. The van der Waals surface area contributed by atoms with Crippen LogP contribution in [0.15, 0.2) is 30.3 Å². The lowest BCUT2D eigenvalue weighted by Gasteiger charge is -2.20. The zero-order chi connectivity index (χ0) is 41.2. The number of nitro benzene ring substituents is 1. The molecule has 0 amide bonds. The molecule has 0 aromatic heterocycles. The van der Waals surface area contributed by atoms with E-state index in [4.69, 9.17) is 28.4 Å². The lowest BCUT2D eigenvalue weighted by atomic mass is 9.89. The molecule has 11 heteroatoms. The van der Waals surface area contributed by atoms with E-state index in [1.54, 1.807) is 6.07 Å². The Labute approximate surface area is 337 Å². The summed E-state index contributed by atoms with van der Waals surface area (Å²) in [5.74, 6) is -0.162. The summed E-state index contributed by atoms with van der Waals surface area (Å²) in [6.07, 6.45) is 15.7. The molecule has 0 unspecified atom stereocenters. The third-order valence-corrected chi connectivity index (χ3v) is 10.3. The normalized spacial score (nSPS) is 11.3. The number of nitrogens with zero attached hydrogens (tertiary/aromatic N) is 1. The Morgan fingerprint density at radius 1 is 0.491 bits per heavy atom. The van der Waals surface area contributed by atoms with Crippen molar-refractivity contribution in [3.8, 4) is 23.0 Å². The number of fused-ring (bicyclic) bond motifs is 6. The van der Waals surface area contributed by atoms with Gasteiger partial charge >= 0.3 is 17.6 Å². The van der Waals surface area contributed by atoms with Crippen LogP contribution in [0.1, 0.15) is 151 Å². The fourth-order valence-electron chi connectivity index (χ4n) is 7.19. The van der Waals surface area contributed by atoms with Gasteiger partial charge in [0.15, 0.2) is 17.2 Å². The van der Waals surface area contributed by atoms with Crippen molar-refractivity contribution in [2.75, 3.05) is 40.6 Å². The summed E-state index contributed by atoms with van der Waals surface area (Å²) >= 11 is 0. The molecule has 0 saturated heterocycles. The summed E-state index contributed by atoms with van der Waals surface area (Å²) in [6, 6.07) is 8.62. The van der Waals surface area contributed by atoms with Gasteiger partial charge < -0.3 is 28.4 Å². The molecule has 0 spiro atoms. The number of nitro groups is 1. The second-order valence-electron chi connectivity index (χ2n) is 14.6. The highest BCUT2D eigenvalue weighted by atomic mass is 16.6. The van der Waals surface area contributed by atoms with Crippen LogP contribution in [0.2, 0.25) is 0 Å². The summed E-state index contributed by atoms with van der Waals surface area (Å²) in [7, 11) is 2.45. The Bertz CT molecular complexity index is 1960. The first-order valence-electron chi connectivity index (χ1n) is 21.2. The average Bonchev–Trinajstić information content (AvgIpc) is 3.22. The monoisotopic (exact) mass is 789 g/mol. The smallest absolute Gasteiger partial charge is 0.338 e. The fraction of sp³-hybridized carbons (Fsp3) is 0.565. The topological polar surface area (TPSA) is 133 Å². The number of carbonyl (C=O) groups excluding carboxylic acids is 2. The van der Waals surface area contributed by atoms with Crippen molar-refractivity contribution < 1.29 is 42.9 Å². The molecule has 0 heterocycles. The third-order valence-electron chi connectivity index (χ3n) is 10.3. The van der Waals surface area contributed by atoms with Crippen LogP contribution in [-0.2, 0) is 9.47 Å². The molecule has 0 atom stereocenters. The van der Waals surface area contributed by atoms with E-state index in [1.165, 1.54) is 20.3 Å². The van der Waals surface area contributed by atoms with E-state index in [1.807, 2.05) is 18.2 Å². The van der Waals surface area contributed by atoms with Crippen LogP contribution >= 0.6 is 0 Å². The molecule has 0 aliphatic carbocycles. The molecular formula is C46H63NO10. The second-order valence-corrected chi connectivity index (χ2v) is 14.6. The van der Waals surface area contributed by atoms with E-state index in [9.17, 15) is 19.7 Å². The molecular weight excluding hydrogens is 727 g/mol. The molecule has 0 bridgehead atoms. The molecule has 11 nitrogen and oxygen atoms in total. The molecule has 0 fully saturated rings. The van der Waals surface area contributed by atoms with Crippen LogP contribution in [0.4, 0.5) is 5.69 Å². The highest BCUT2D eigenvalue weighted by Gasteiger charge is 2.31. The van der Waals surface area contributed by atoms with Gasteiger partial charge in [-0.25, -0.2) is 9.59 Å². The van der Waals surface area contributed by atoms with Crippen LogP contribution in [0.25, 0.3) is 32.3 Å². The van der Waals surface area contributed by atoms with E-state index < -0.39 is 16.9 Å². The zero-order valence-electron chi connectivity index (χ0n) is 35.1. The maximum atomic E-state index is 13.4. The van der Waals surface area contributed by atoms with Crippen molar-refractivity contribution in [3.63, 3.8) is 0 Å². The lowest BCUT2D eigenvalue weighted by molar-refractivity contribution is -0.384. The van der Waals surface area contributed by atoms with Crippen molar-refractivity contribution in [2.24, 2.45) is 0 Å². The Morgan fingerprint density at radius 3 is 1.26 bits per heavy atom. The minimum absolute atomic E-state index is 0.0298. The number of benzene rings is 4. The predicted octanol–water partition coefficient (Wildman–Crippen LogP) is 12.5. The molecule has 57 heavy (non-hydrogen) atoms. The number of esters is 2. The highest BCUT2D eigenvalue weighted by Crippen LogP contribution is 2.51. The highest BCUT2D eigenvalue weighted by molar-refractivity contribution is 6.30. The summed E-state index contributed by atoms with van der Waals surface area (Å²) < 4.78 is 35.8. The number of carbonyl (C=O) groups is 2. The van der Waals surface area contributed by atoms with Crippen LogP contribution < -0.4 is 18.9 Å². The first-order valence-corrected chi connectivity index (χ1v) is 21.2. The van der Waals surface area contributed by atoms with Crippen LogP contribution in [0.5, 0.6) is 23.0 Å². The maximum Gasteiger partial charge on any atom is 0.338 e. The molecule has 0 N–H and O–H groups in total. The fourth-order valence-corrected chi connectivity index (χ4v) is 7.19. The predicted molar refractivity (Wildman–Crippen MR) is 227 cm³/mol. The van der Waals surface area contributed by atoms with E-state index in [0.29, 0.717) is 64.7 Å². The average molecular weight is 790 g/mol. The SMILES string of the molecule is CCCCCCOc1cc2c(cc1OCCCCCC)c1cc(OCCCCCC)c(OCCCCCC)c([N+](=O)[O-])c1c1cc(C(=O)OC)c(C(=O)OC)cc21. The molecule has 0 saturated carbocycles. The lowest BCUT2D eigenvalue weighted by Crippen LogP contribution is -2.12. The van der Waals surface area contributed by atoms with Crippen molar-refractivity contribution in [1.29, 1.82) is 0 Å². The van der Waals surface area contributed by atoms with E-state index in [2.05, 4.69) is 27.7 Å². The van der Waals surface area contributed by atoms with Crippen molar-refractivity contribution in [3.05, 3.63) is 51.6 Å². The van der Waals surface area contributed by atoms with Gasteiger partial charge in [0.2, 0.25) is 5.75 Å². The van der Waals surface area contributed by atoms with Gasteiger partial charge in [0, 0.05) is 5.39 Å². The standard InChI is InChI=1S/C46H63NO10/c1-7-11-15-19-23-54-39-29-33-32-27-37(45(48)52-5)38(46(49)53-6)28-35(32)42-36(34(33)30-40(39)55-24-20-16-12-8-2)31-41(56-25-21-17-13-9-3)44(43(42)47(50)51)57-26-22-18-14-10-4/h27-31H,7-26H2,1-6H3. The van der Waals surface area contributed by atoms with Gasteiger partial charge in [0.1, 0.15) is 0 Å². The number of ether oxygens (including phenoxy) is 6. The van der Waals surface area contributed by atoms with Gasteiger partial charge in [-0.05, 0) is 77.6 Å².